The number of amides is 2. The van der Waals surface area contributed by atoms with Gasteiger partial charge in [0, 0.05) is 18.7 Å². The quantitative estimate of drug-likeness (QED) is 0.239. The van der Waals surface area contributed by atoms with Crippen LogP contribution in [0, 0.1) is 6.92 Å². The van der Waals surface area contributed by atoms with Crippen LogP contribution < -0.4 is 19.1 Å². The van der Waals surface area contributed by atoms with Crippen LogP contribution in [0.5, 0.6) is 11.5 Å². The molecule has 1 N–H and O–H groups in total. The third kappa shape index (κ3) is 8.42. The lowest BCUT2D eigenvalue weighted by Crippen LogP contribution is -2.53. The number of hydrogen-bond donors (Lipinski definition) is 1. The molecule has 0 heterocycles. The van der Waals surface area contributed by atoms with Gasteiger partial charge in [-0.25, -0.2) is 8.42 Å². The van der Waals surface area contributed by atoms with Crippen LogP contribution in [0.1, 0.15) is 50.2 Å². The zero-order valence-electron chi connectivity index (χ0n) is 25.9. The predicted molar refractivity (Wildman–Crippen MR) is 177 cm³/mol. The van der Waals surface area contributed by atoms with E-state index in [1.54, 1.807) is 49.4 Å². The second kappa shape index (κ2) is 15.2. The van der Waals surface area contributed by atoms with Gasteiger partial charge in [0.2, 0.25) is 11.8 Å². The molecular weight excluding hydrogens is 637 g/mol. The highest BCUT2D eigenvalue weighted by Crippen LogP contribution is 2.34. The first-order valence-corrected chi connectivity index (χ1v) is 17.0. The summed E-state index contributed by atoms with van der Waals surface area (Å²) in [5.74, 6) is -0.207. The van der Waals surface area contributed by atoms with Crippen molar-refractivity contribution in [2.24, 2.45) is 0 Å². The summed E-state index contributed by atoms with van der Waals surface area (Å²) in [6, 6.07) is 15.1. The largest absolute Gasteiger partial charge is 0.493 e. The Hall–Kier alpha value is -3.47. The molecule has 0 aliphatic heterocycles. The molecule has 0 saturated heterocycles. The van der Waals surface area contributed by atoms with E-state index in [4.69, 9.17) is 32.7 Å². The van der Waals surface area contributed by atoms with Crippen LogP contribution in [-0.4, -0.2) is 58.0 Å². The first-order chi connectivity index (χ1) is 21.4. The number of anilines is 1. The highest BCUT2D eigenvalue weighted by Gasteiger charge is 2.33. The fourth-order valence-electron chi connectivity index (χ4n) is 5.33. The summed E-state index contributed by atoms with van der Waals surface area (Å²) in [5, 5.41) is 3.74. The molecule has 9 nitrogen and oxygen atoms in total. The van der Waals surface area contributed by atoms with Crippen molar-refractivity contribution in [2.45, 2.75) is 69.5 Å². The van der Waals surface area contributed by atoms with E-state index in [1.165, 1.54) is 37.3 Å². The third-order valence-electron chi connectivity index (χ3n) is 8.00. The number of halogens is 2. The van der Waals surface area contributed by atoms with Gasteiger partial charge in [0.15, 0.2) is 11.5 Å². The number of rotatable bonds is 12. The Bertz CT molecular complexity index is 1610. The topological polar surface area (TPSA) is 105 Å². The van der Waals surface area contributed by atoms with Gasteiger partial charge in [-0.3, -0.25) is 13.9 Å². The van der Waals surface area contributed by atoms with Gasteiger partial charge in [0.1, 0.15) is 12.6 Å². The number of ether oxygens (including phenoxy) is 2. The standard InChI is InChI=1S/C33H39Cl2N3O6S/c1-22-10-14-27(15-11-22)45(41,42)38(26-13-17-30(43-3)31(19-26)44-4)21-32(39)37(20-24-12-16-28(34)29(35)18-24)23(2)33(40)36-25-8-6-5-7-9-25/h10-19,23,25H,5-9,20-21H2,1-4H3,(H,36,40)/t23-/m0/s1. The Balaban J connectivity index is 1.73. The normalized spacial score (nSPS) is 14.4. The predicted octanol–water partition coefficient (Wildman–Crippen LogP) is 6.38. The molecule has 4 rings (SSSR count). The van der Waals surface area contributed by atoms with Crippen molar-refractivity contribution in [1.82, 2.24) is 10.2 Å². The maximum atomic E-state index is 14.3. The Kier molecular flexibility index (Phi) is 11.6. The van der Waals surface area contributed by atoms with E-state index in [1.807, 2.05) is 6.92 Å². The zero-order valence-corrected chi connectivity index (χ0v) is 28.2. The summed E-state index contributed by atoms with van der Waals surface area (Å²) in [7, 11) is -1.33. The van der Waals surface area contributed by atoms with Crippen molar-refractivity contribution in [3.8, 4) is 11.5 Å². The molecule has 1 aliphatic carbocycles. The molecule has 0 aromatic heterocycles. The van der Waals surface area contributed by atoms with Gasteiger partial charge in [0.05, 0.1) is 34.8 Å². The van der Waals surface area contributed by atoms with E-state index in [2.05, 4.69) is 5.32 Å². The molecule has 3 aromatic rings. The SMILES string of the molecule is COc1ccc(N(CC(=O)N(Cc2ccc(Cl)c(Cl)c2)[C@@H](C)C(=O)NC2CCCCC2)S(=O)(=O)c2ccc(C)cc2)cc1OC. The number of carbonyl (C=O) groups is 2. The maximum Gasteiger partial charge on any atom is 0.264 e. The molecule has 3 aromatic carbocycles. The van der Waals surface area contributed by atoms with Gasteiger partial charge in [-0.05, 0) is 68.7 Å². The molecule has 1 saturated carbocycles. The molecule has 0 bridgehead atoms. The molecular formula is C33H39Cl2N3O6S. The molecule has 45 heavy (non-hydrogen) atoms. The Morgan fingerprint density at radius 1 is 0.911 bits per heavy atom. The first-order valence-electron chi connectivity index (χ1n) is 14.8. The molecule has 1 aliphatic rings. The van der Waals surface area contributed by atoms with E-state index in [0.717, 1.165) is 42.0 Å². The molecule has 0 unspecified atom stereocenters. The Morgan fingerprint density at radius 2 is 1.58 bits per heavy atom. The zero-order chi connectivity index (χ0) is 32.7. The number of sulfonamides is 1. The third-order valence-corrected chi connectivity index (χ3v) is 10.5. The maximum absolute atomic E-state index is 14.3. The van der Waals surface area contributed by atoms with Crippen LogP contribution in [-0.2, 0) is 26.2 Å². The van der Waals surface area contributed by atoms with E-state index < -0.39 is 28.5 Å². The van der Waals surface area contributed by atoms with Gasteiger partial charge < -0.3 is 19.7 Å². The Labute approximate surface area is 275 Å². The molecule has 1 atom stereocenters. The van der Waals surface area contributed by atoms with Crippen molar-refractivity contribution in [3.05, 3.63) is 81.8 Å². The van der Waals surface area contributed by atoms with Gasteiger partial charge in [0.25, 0.3) is 10.0 Å². The van der Waals surface area contributed by atoms with Crippen molar-refractivity contribution < 1.29 is 27.5 Å². The monoisotopic (exact) mass is 675 g/mol. The lowest BCUT2D eigenvalue weighted by molar-refractivity contribution is -0.139. The average molecular weight is 677 g/mol. The number of methoxy groups -OCH3 is 2. The summed E-state index contributed by atoms with van der Waals surface area (Å²) in [5.41, 5.74) is 1.71. The lowest BCUT2D eigenvalue weighted by atomic mass is 9.95. The van der Waals surface area contributed by atoms with Gasteiger partial charge in [-0.15, -0.1) is 0 Å². The summed E-state index contributed by atoms with van der Waals surface area (Å²) in [4.78, 5) is 29.2. The summed E-state index contributed by atoms with van der Waals surface area (Å²) < 4.78 is 40.1. The van der Waals surface area contributed by atoms with E-state index in [-0.39, 0.29) is 29.1 Å². The van der Waals surface area contributed by atoms with E-state index in [0.29, 0.717) is 27.1 Å². The fraction of sp³-hybridized carbons (Fsp3) is 0.394. The first kappa shape index (κ1) is 34.4. The summed E-state index contributed by atoms with van der Waals surface area (Å²) in [6.45, 7) is 2.91. The van der Waals surface area contributed by atoms with Crippen LogP contribution in [0.15, 0.2) is 65.6 Å². The van der Waals surface area contributed by atoms with Crippen LogP contribution in [0.4, 0.5) is 5.69 Å². The molecule has 1 fully saturated rings. The van der Waals surface area contributed by atoms with Gasteiger partial charge >= 0.3 is 0 Å². The van der Waals surface area contributed by atoms with E-state index >= 15 is 0 Å². The fourth-order valence-corrected chi connectivity index (χ4v) is 7.06. The van der Waals surface area contributed by atoms with Gasteiger partial charge in [-0.1, -0.05) is 66.2 Å². The highest BCUT2D eigenvalue weighted by molar-refractivity contribution is 7.92. The molecule has 2 amide bonds. The number of hydrogen-bond acceptors (Lipinski definition) is 6. The van der Waals surface area contributed by atoms with Crippen LogP contribution in [0.3, 0.4) is 0 Å². The molecule has 12 heteroatoms. The minimum absolute atomic E-state index is 0.000666. The van der Waals surface area contributed by atoms with Crippen molar-refractivity contribution in [2.75, 3.05) is 25.1 Å². The van der Waals surface area contributed by atoms with E-state index in [9.17, 15) is 18.0 Å². The molecule has 0 spiro atoms. The summed E-state index contributed by atoms with van der Waals surface area (Å²) >= 11 is 12.4. The van der Waals surface area contributed by atoms with Crippen molar-refractivity contribution in [1.29, 1.82) is 0 Å². The number of benzene rings is 3. The highest BCUT2D eigenvalue weighted by atomic mass is 35.5. The second-order valence-electron chi connectivity index (χ2n) is 11.2. The molecule has 0 radical (unpaired) electrons. The van der Waals surface area contributed by atoms with Crippen LogP contribution in [0.2, 0.25) is 10.0 Å². The number of carbonyl (C=O) groups excluding carboxylic acids is 2. The van der Waals surface area contributed by atoms with Crippen molar-refractivity contribution in [3.63, 3.8) is 0 Å². The number of nitrogens with one attached hydrogen (secondary N) is 1. The van der Waals surface area contributed by atoms with Crippen LogP contribution >= 0.6 is 23.2 Å². The smallest absolute Gasteiger partial charge is 0.264 e. The van der Waals surface area contributed by atoms with Crippen molar-refractivity contribution >= 4 is 50.7 Å². The number of nitrogens with zero attached hydrogens (tertiary/aromatic N) is 2. The minimum Gasteiger partial charge on any atom is -0.493 e. The Morgan fingerprint density at radius 3 is 2.20 bits per heavy atom. The molecule has 242 valence electrons. The van der Waals surface area contributed by atoms with Gasteiger partial charge in [-0.2, -0.15) is 0 Å². The lowest BCUT2D eigenvalue weighted by Gasteiger charge is -2.33. The summed E-state index contributed by atoms with van der Waals surface area (Å²) in [6.07, 6.45) is 4.94. The number of aryl methyl sites for hydroxylation is 1. The second-order valence-corrected chi connectivity index (χ2v) is 13.8. The minimum atomic E-state index is -4.25. The van der Waals surface area contributed by atoms with Crippen LogP contribution in [0.25, 0.3) is 0 Å². The average Bonchev–Trinajstić information content (AvgIpc) is 3.03.